The largest absolute Gasteiger partial charge is 0.378 e. The first kappa shape index (κ1) is 14.5. The zero-order valence-corrected chi connectivity index (χ0v) is 12.4. The van der Waals surface area contributed by atoms with E-state index in [-0.39, 0.29) is 11.9 Å². The van der Waals surface area contributed by atoms with Crippen molar-refractivity contribution >= 4 is 5.91 Å². The second-order valence-corrected chi connectivity index (χ2v) is 5.62. The number of hydrogen-bond donors (Lipinski definition) is 1. The average Bonchev–Trinajstić information content (AvgIpc) is 2.93. The van der Waals surface area contributed by atoms with Gasteiger partial charge in [0.1, 0.15) is 6.04 Å². The van der Waals surface area contributed by atoms with Crippen LogP contribution in [-0.2, 0) is 16.1 Å². The van der Waals surface area contributed by atoms with Crippen molar-refractivity contribution in [3.8, 4) is 0 Å². The van der Waals surface area contributed by atoms with Gasteiger partial charge in [0.05, 0.1) is 25.5 Å². The Hall–Kier alpha value is -1.44. The molecule has 21 heavy (non-hydrogen) atoms. The second kappa shape index (κ2) is 6.55. The highest BCUT2D eigenvalue weighted by molar-refractivity contribution is 5.82. The van der Waals surface area contributed by atoms with Gasteiger partial charge < -0.3 is 19.5 Å². The van der Waals surface area contributed by atoms with E-state index in [0.29, 0.717) is 13.2 Å². The fourth-order valence-corrected chi connectivity index (χ4v) is 2.78. The lowest BCUT2D eigenvalue weighted by molar-refractivity contribution is -0.138. The SMILES string of the molecule is Cc1cc(CN2CCN(C(=O)C3COCCN3)CC2)on1. The average molecular weight is 294 g/mol. The topological polar surface area (TPSA) is 70.8 Å². The highest BCUT2D eigenvalue weighted by Crippen LogP contribution is 2.11. The van der Waals surface area contributed by atoms with Crippen LogP contribution in [0.1, 0.15) is 11.5 Å². The lowest BCUT2D eigenvalue weighted by Gasteiger charge is -2.36. The number of morpholine rings is 1. The van der Waals surface area contributed by atoms with E-state index in [1.54, 1.807) is 0 Å². The first-order chi connectivity index (χ1) is 10.2. The Kier molecular flexibility index (Phi) is 4.52. The molecule has 0 aromatic carbocycles. The molecule has 1 atom stereocenters. The monoisotopic (exact) mass is 294 g/mol. The van der Waals surface area contributed by atoms with Crippen LogP contribution in [0.4, 0.5) is 0 Å². The highest BCUT2D eigenvalue weighted by atomic mass is 16.5. The van der Waals surface area contributed by atoms with Crippen molar-refractivity contribution in [1.29, 1.82) is 0 Å². The van der Waals surface area contributed by atoms with Crippen LogP contribution >= 0.6 is 0 Å². The number of nitrogens with zero attached hydrogens (tertiary/aromatic N) is 3. The minimum absolute atomic E-state index is 0.157. The van der Waals surface area contributed by atoms with Gasteiger partial charge in [-0.3, -0.25) is 9.69 Å². The first-order valence-electron chi connectivity index (χ1n) is 7.47. The molecule has 0 spiro atoms. The van der Waals surface area contributed by atoms with Crippen molar-refractivity contribution in [2.45, 2.75) is 19.5 Å². The summed E-state index contributed by atoms with van der Waals surface area (Å²) in [6, 6.07) is 1.78. The van der Waals surface area contributed by atoms with E-state index >= 15 is 0 Å². The normalized spacial score (nSPS) is 24.2. The summed E-state index contributed by atoms with van der Waals surface area (Å²) in [5.74, 6) is 1.04. The van der Waals surface area contributed by atoms with Gasteiger partial charge in [0, 0.05) is 38.8 Å². The number of rotatable bonds is 3. The number of ether oxygens (including phenoxy) is 1. The van der Waals surface area contributed by atoms with Gasteiger partial charge in [0.15, 0.2) is 5.76 Å². The molecule has 2 fully saturated rings. The number of nitrogens with one attached hydrogen (secondary N) is 1. The minimum atomic E-state index is -0.178. The Morgan fingerprint density at radius 3 is 2.86 bits per heavy atom. The summed E-state index contributed by atoms with van der Waals surface area (Å²) in [5.41, 5.74) is 0.905. The second-order valence-electron chi connectivity index (χ2n) is 5.62. The molecule has 1 aromatic heterocycles. The molecule has 3 heterocycles. The predicted octanol–water partition coefficient (Wildman–Crippen LogP) is -0.384. The maximum atomic E-state index is 12.4. The number of aryl methyl sites for hydroxylation is 1. The molecule has 1 unspecified atom stereocenters. The third-order valence-electron chi connectivity index (χ3n) is 3.96. The zero-order valence-electron chi connectivity index (χ0n) is 12.4. The van der Waals surface area contributed by atoms with E-state index in [4.69, 9.17) is 9.26 Å². The molecule has 0 saturated carbocycles. The first-order valence-corrected chi connectivity index (χ1v) is 7.47. The Labute approximate surface area is 124 Å². The molecule has 1 aromatic rings. The van der Waals surface area contributed by atoms with Crippen LogP contribution in [0, 0.1) is 6.92 Å². The van der Waals surface area contributed by atoms with Gasteiger partial charge >= 0.3 is 0 Å². The Balaban J connectivity index is 1.47. The summed E-state index contributed by atoms with van der Waals surface area (Å²) in [7, 11) is 0. The van der Waals surface area contributed by atoms with Crippen LogP contribution in [-0.4, -0.2) is 72.8 Å². The molecule has 3 rings (SSSR count). The van der Waals surface area contributed by atoms with Crippen LogP contribution in [0.15, 0.2) is 10.6 Å². The highest BCUT2D eigenvalue weighted by Gasteiger charge is 2.28. The van der Waals surface area contributed by atoms with Crippen LogP contribution < -0.4 is 5.32 Å². The molecule has 0 aliphatic carbocycles. The van der Waals surface area contributed by atoms with Crippen LogP contribution in [0.5, 0.6) is 0 Å². The Morgan fingerprint density at radius 2 is 2.24 bits per heavy atom. The summed E-state index contributed by atoms with van der Waals surface area (Å²) in [5, 5.41) is 7.11. The van der Waals surface area contributed by atoms with Crippen molar-refractivity contribution in [2.24, 2.45) is 0 Å². The molecular formula is C14H22N4O3. The number of carbonyl (C=O) groups is 1. The Morgan fingerprint density at radius 1 is 1.43 bits per heavy atom. The van der Waals surface area contributed by atoms with E-state index in [2.05, 4.69) is 15.4 Å². The van der Waals surface area contributed by atoms with Crippen molar-refractivity contribution < 1.29 is 14.1 Å². The number of aromatic nitrogens is 1. The fourth-order valence-electron chi connectivity index (χ4n) is 2.78. The summed E-state index contributed by atoms with van der Waals surface area (Å²) >= 11 is 0. The van der Waals surface area contributed by atoms with Crippen LogP contribution in [0.3, 0.4) is 0 Å². The lowest BCUT2D eigenvalue weighted by Crippen LogP contribution is -2.56. The van der Waals surface area contributed by atoms with Gasteiger partial charge in [0.2, 0.25) is 5.91 Å². The number of amides is 1. The third-order valence-corrected chi connectivity index (χ3v) is 3.96. The van der Waals surface area contributed by atoms with E-state index in [1.165, 1.54) is 0 Å². The van der Waals surface area contributed by atoms with Crippen molar-refractivity contribution in [2.75, 3.05) is 45.9 Å². The maximum absolute atomic E-state index is 12.4. The minimum Gasteiger partial charge on any atom is -0.378 e. The quantitative estimate of drug-likeness (QED) is 0.819. The summed E-state index contributed by atoms with van der Waals surface area (Å²) < 4.78 is 10.6. The molecule has 1 N–H and O–H groups in total. The number of hydrogen-bond acceptors (Lipinski definition) is 6. The summed E-state index contributed by atoms with van der Waals surface area (Å²) in [6.45, 7) is 7.83. The van der Waals surface area contributed by atoms with Crippen molar-refractivity contribution in [3.63, 3.8) is 0 Å². The summed E-state index contributed by atoms with van der Waals surface area (Å²) in [4.78, 5) is 16.6. The van der Waals surface area contributed by atoms with Crippen molar-refractivity contribution in [3.05, 3.63) is 17.5 Å². The van der Waals surface area contributed by atoms with Gasteiger partial charge in [0.25, 0.3) is 0 Å². The van der Waals surface area contributed by atoms with Crippen LogP contribution in [0.2, 0.25) is 0 Å². The van der Waals surface area contributed by atoms with E-state index in [0.717, 1.165) is 50.7 Å². The zero-order chi connectivity index (χ0) is 14.7. The molecule has 7 heteroatoms. The van der Waals surface area contributed by atoms with E-state index < -0.39 is 0 Å². The number of carbonyl (C=O) groups excluding carboxylic acids is 1. The molecule has 1 amide bonds. The molecule has 7 nitrogen and oxygen atoms in total. The van der Waals surface area contributed by atoms with Gasteiger partial charge in [-0.15, -0.1) is 0 Å². The smallest absolute Gasteiger partial charge is 0.242 e. The lowest BCUT2D eigenvalue weighted by atomic mass is 10.2. The molecule has 0 radical (unpaired) electrons. The van der Waals surface area contributed by atoms with E-state index in [1.807, 2.05) is 17.9 Å². The Bertz CT molecular complexity index is 476. The number of piperazine rings is 1. The molecule has 2 saturated heterocycles. The fraction of sp³-hybridized carbons (Fsp3) is 0.714. The predicted molar refractivity (Wildman–Crippen MR) is 75.7 cm³/mol. The molecular weight excluding hydrogens is 272 g/mol. The van der Waals surface area contributed by atoms with Crippen molar-refractivity contribution in [1.82, 2.24) is 20.3 Å². The summed E-state index contributed by atoms with van der Waals surface area (Å²) in [6.07, 6.45) is 0. The van der Waals surface area contributed by atoms with Gasteiger partial charge in [-0.05, 0) is 6.92 Å². The molecule has 2 aliphatic heterocycles. The molecule has 2 aliphatic rings. The van der Waals surface area contributed by atoms with Crippen LogP contribution in [0.25, 0.3) is 0 Å². The van der Waals surface area contributed by atoms with Gasteiger partial charge in [-0.2, -0.15) is 0 Å². The third kappa shape index (κ3) is 3.61. The maximum Gasteiger partial charge on any atom is 0.242 e. The van der Waals surface area contributed by atoms with E-state index in [9.17, 15) is 4.79 Å². The molecule has 0 bridgehead atoms. The molecule has 116 valence electrons. The van der Waals surface area contributed by atoms with Gasteiger partial charge in [-0.1, -0.05) is 5.16 Å². The standard InChI is InChI=1S/C14H22N4O3/c1-11-8-12(21-16-11)9-17-3-5-18(6-4-17)14(19)13-10-20-7-2-15-13/h8,13,15H,2-7,9-10H2,1H3. The van der Waals surface area contributed by atoms with Gasteiger partial charge in [-0.25, -0.2) is 0 Å².